The van der Waals surface area contributed by atoms with Gasteiger partial charge < -0.3 is 20.5 Å². The zero-order valence-corrected chi connectivity index (χ0v) is 19.4. The lowest BCUT2D eigenvalue weighted by Gasteiger charge is -2.27. The van der Waals surface area contributed by atoms with Crippen LogP contribution in [0, 0.1) is 5.41 Å². The molecule has 1 aliphatic rings. The second-order valence-electron chi connectivity index (χ2n) is 9.12. The number of ether oxygens (including phenoxy) is 1. The summed E-state index contributed by atoms with van der Waals surface area (Å²) < 4.78 is 5.53. The molecule has 1 atom stereocenters. The van der Waals surface area contributed by atoms with E-state index in [1.165, 1.54) is 0 Å². The van der Waals surface area contributed by atoms with Gasteiger partial charge in [0.1, 0.15) is 6.61 Å². The van der Waals surface area contributed by atoms with E-state index in [-0.39, 0.29) is 31.4 Å². The number of carbonyl (C=O) groups is 3. The lowest BCUT2D eigenvalue weighted by atomic mass is 9.91. The van der Waals surface area contributed by atoms with E-state index in [4.69, 9.17) is 9.84 Å². The fourth-order valence-corrected chi connectivity index (χ4v) is 4.19. The van der Waals surface area contributed by atoms with Crippen LogP contribution >= 0.6 is 0 Å². The topological polar surface area (TPSA) is 105 Å². The minimum atomic E-state index is -0.955. The van der Waals surface area contributed by atoms with E-state index in [2.05, 4.69) is 34.9 Å². The van der Waals surface area contributed by atoms with E-state index < -0.39 is 23.5 Å². The monoisotopic (exact) mass is 452 g/mol. The van der Waals surface area contributed by atoms with Crippen LogP contribution in [0.1, 0.15) is 57.1 Å². The van der Waals surface area contributed by atoms with Crippen molar-refractivity contribution in [2.45, 2.75) is 52.0 Å². The largest absolute Gasteiger partial charge is 0.481 e. The van der Waals surface area contributed by atoms with Crippen LogP contribution in [0.5, 0.6) is 0 Å². The molecule has 2 aromatic rings. The van der Waals surface area contributed by atoms with Gasteiger partial charge in [-0.15, -0.1) is 0 Å². The number of aliphatic carboxylic acids is 1. The smallest absolute Gasteiger partial charge is 0.407 e. The summed E-state index contributed by atoms with van der Waals surface area (Å²) in [5.74, 6) is -1.30. The van der Waals surface area contributed by atoms with Crippen LogP contribution in [0.2, 0.25) is 0 Å². The highest BCUT2D eigenvalue weighted by Crippen LogP contribution is 2.44. The zero-order valence-electron chi connectivity index (χ0n) is 19.4. The van der Waals surface area contributed by atoms with Gasteiger partial charge in [0.25, 0.3) is 0 Å². The number of carboxylic acids is 1. The zero-order chi connectivity index (χ0) is 24.0. The quantitative estimate of drug-likeness (QED) is 0.498. The normalized spacial score (nSPS) is 13.5. The van der Waals surface area contributed by atoms with Crippen molar-refractivity contribution < 1.29 is 24.2 Å². The number of alkyl carbamates (subject to hydrolysis) is 1. The molecule has 1 aliphatic carbocycles. The van der Waals surface area contributed by atoms with Crippen LogP contribution < -0.4 is 10.6 Å². The van der Waals surface area contributed by atoms with Gasteiger partial charge in [-0.05, 0) is 42.5 Å². The highest BCUT2D eigenvalue weighted by Gasteiger charge is 2.32. The van der Waals surface area contributed by atoms with Gasteiger partial charge in [-0.3, -0.25) is 9.59 Å². The second kappa shape index (κ2) is 10.5. The first-order valence-electron chi connectivity index (χ1n) is 11.3. The molecule has 2 aromatic carbocycles. The highest BCUT2D eigenvalue weighted by atomic mass is 16.5. The molecule has 2 amide bonds. The average Bonchev–Trinajstić information content (AvgIpc) is 3.10. The number of carboxylic acid groups (broad SMARTS) is 1. The van der Waals surface area contributed by atoms with Crippen LogP contribution in [-0.2, 0) is 14.3 Å². The molecule has 176 valence electrons. The highest BCUT2D eigenvalue weighted by molar-refractivity contribution is 5.83. The number of amides is 2. The summed E-state index contributed by atoms with van der Waals surface area (Å²) in [6.07, 6.45) is 0.619. The molecule has 0 bridgehead atoms. The van der Waals surface area contributed by atoms with Crippen molar-refractivity contribution in [3.8, 4) is 11.1 Å². The summed E-state index contributed by atoms with van der Waals surface area (Å²) in [5.41, 5.74) is 3.65. The Morgan fingerprint density at radius 2 is 1.61 bits per heavy atom. The lowest BCUT2D eigenvalue weighted by Crippen LogP contribution is -2.48. The molecule has 0 heterocycles. The van der Waals surface area contributed by atoms with Crippen LogP contribution in [0.4, 0.5) is 4.79 Å². The Bertz CT molecular complexity index is 972. The summed E-state index contributed by atoms with van der Waals surface area (Å²) in [4.78, 5) is 36.2. The first-order chi connectivity index (χ1) is 15.7. The molecule has 3 N–H and O–H groups in total. The molecule has 0 unspecified atom stereocenters. The van der Waals surface area contributed by atoms with E-state index >= 15 is 0 Å². The maximum atomic E-state index is 12.7. The van der Waals surface area contributed by atoms with Crippen molar-refractivity contribution in [2.24, 2.45) is 5.41 Å². The van der Waals surface area contributed by atoms with Gasteiger partial charge in [-0.2, -0.15) is 0 Å². The van der Waals surface area contributed by atoms with Gasteiger partial charge in [-0.1, -0.05) is 61.9 Å². The molecule has 3 rings (SSSR count). The number of fused-ring (bicyclic) bond motifs is 3. The number of rotatable bonds is 10. The number of hydrogen-bond donors (Lipinski definition) is 3. The number of benzene rings is 2. The summed E-state index contributed by atoms with van der Waals surface area (Å²) in [5, 5.41) is 14.5. The maximum absolute atomic E-state index is 12.7. The third-order valence-corrected chi connectivity index (χ3v) is 6.03. The molecule has 0 saturated heterocycles. The van der Waals surface area contributed by atoms with Crippen molar-refractivity contribution in [3.63, 3.8) is 0 Å². The molecule has 0 radical (unpaired) electrons. The molecule has 0 aliphatic heterocycles. The van der Waals surface area contributed by atoms with Crippen LogP contribution in [0.3, 0.4) is 0 Å². The lowest BCUT2D eigenvalue weighted by molar-refractivity contribution is -0.138. The maximum Gasteiger partial charge on any atom is 0.407 e. The second-order valence-corrected chi connectivity index (χ2v) is 9.12. The molecular weight excluding hydrogens is 420 g/mol. The summed E-state index contributed by atoms with van der Waals surface area (Å²) in [6.45, 7) is 5.61. The van der Waals surface area contributed by atoms with E-state index in [0.717, 1.165) is 28.7 Å². The van der Waals surface area contributed by atoms with E-state index in [0.29, 0.717) is 6.42 Å². The molecular formula is C26H32N2O5. The minimum absolute atomic E-state index is 0.0368. The fraction of sp³-hybridized carbons (Fsp3) is 0.423. The third kappa shape index (κ3) is 5.92. The summed E-state index contributed by atoms with van der Waals surface area (Å²) in [6, 6.07) is 15.8. The Kier molecular flexibility index (Phi) is 7.74. The van der Waals surface area contributed by atoms with Crippen molar-refractivity contribution in [2.75, 3.05) is 13.2 Å². The van der Waals surface area contributed by atoms with E-state index in [9.17, 15) is 14.4 Å². The van der Waals surface area contributed by atoms with Crippen molar-refractivity contribution >= 4 is 18.0 Å². The Balaban J connectivity index is 1.55. The van der Waals surface area contributed by atoms with Gasteiger partial charge in [-0.25, -0.2) is 4.79 Å². The minimum Gasteiger partial charge on any atom is -0.481 e. The van der Waals surface area contributed by atoms with Crippen molar-refractivity contribution in [1.29, 1.82) is 0 Å². The molecule has 7 nitrogen and oxygen atoms in total. The average molecular weight is 453 g/mol. The van der Waals surface area contributed by atoms with Crippen LogP contribution in [0.15, 0.2) is 48.5 Å². The third-order valence-electron chi connectivity index (χ3n) is 6.03. The van der Waals surface area contributed by atoms with Gasteiger partial charge in [0.05, 0.1) is 11.8 Å². The fourth-order valence-electron chi connectivity index (χ4n) is 4.19. The first-order valence-corrected chi connectivity index (χ1v) is 11.3. The molecule has 0 aromatic heterocycles. The summed E-state index contributed by atoms with van der Waals surface area (Å²) >= 11 is 0. The van der Waals surface area contributed by atoms with E-state index in [1.54, 1.807) is 13.8 Å². The predicted molar refractivity (Wildman–Crippen MR) is 126 cm³/mol. The van der Waals surface area contributed by atoms with Gasteiger partial charge >= 0.3 is 12.1 Å². The van der Waals surface area contributed by atoms with Crippen LogP contribution in [0.25, 0.3) is 11.1 Å². The number of carbonyl (C=O) groups excluding carboxylic acids is 2. The Labute approximate surface area is 194 Å². The Morgan fingerprint density at radius 1 is 1.03 bits per heavy atom. The molecule has 0 saturated carbocycles. The predicted octanol–water partition coefficient (Wildman–Crippen LogP) is 4.31. The summed E-state index contributed by atoms with van der Waals surface area (Å²) in [7, 11) is 0. The molecule has 33 heavy (non-hydrogen) atoms. The van der Waals surface area contributed by atoms with E-state index in [1.807, 2.05) is 31.2 Å². The molecule has 7 heteroatoms. The van der Waals surface area contributed by atoms with Gasteiger partial charge in [0.15, 0.2) is 0 Å². The Hall–Kier alpha value is -3.35. The van der Waals surface area contributed by atoms with Gasteiger partial charge in [0.2, 0.25) is 5.91 Å². The Morgan fingerprint density at radius 3 is 2.15 bits per heavy atom. The van der Waals surface area contributed by atoms with Gasteiger partial charge in [0, 0.05) is 18.5 Å². The van der Waals surface area contributed by atoms with Crippen molar-refractivity contribution in [3.05, 3.63) is 59.7 Å². The number of hydrogen-bond acceptors (Lipinski definition) is 4. The number of nitrogens with one attached hydrogen (secondary N) is 2. The molecule has 0 fully saturated rings. The van der Waals surface area contributed by atoms with Crippen molar-refractivity contribution in [1.82, 2.24) is 10.6 Å². The SMILES string of the molecule is CCC[C@@H](CC(=O)O)NC(=O)C(C)(C)CNC(=O)OCC1c2ccccc2-c2ccccc21. The standard InChI is InChI=1S/C26H32N2O5/c1-4-9-17(14-23(29)30)28-24(31)26(2,3)16-27-25(32)33-15-22-20-12-7-5-10-18(20)19-11-6-8-13-21(19)22/h5-8,10-13,17,22H,4,9,14-16H2,1-3H3,(H,27,32)(H,28,31)(H,29,30)/t17-/m0/s1. The molecule has 0 spiro atoms. The van der Waals surface area contributed by atoms with Crippen LogP contribution in [-0.4, -0.2) is 42.3 Å². The first kappa shape index (κ1) is 24.3.